The number of nitrogens with zero attached hydrogens (tertiary/aromatic N) is 4. The van der Waals surface area contributed by atoms with E-state index in [9.17, 15) is 4.80 Å². The molecule has 25 heavy (non-hydrogen) atoms. The van der Waals surface area contributed by atoms with Crippen LogP contribution in [0.4, 0.5) is 0 Å². The molecular formula is C17H34N4OSi3. The molecule has 2 rings (SSSR count). The van der Waals surface area contributed by atoms with Gasteiger partial charge in [0.1, 0.15) is 16.1 Å². The molecule has 1 N–H and O–H groups in total. The molecule has 0 spiro atoms. The van der Waals surface area contributed by atoms with Crippen molar-refractivity contribution < 1.29 is 4.80 Å². The molecule has 2 aromatic rings. The molecule has 0 radical (unpaired) electrons. The van der Waals surface area contributed by atoms with Crippen molar-refractivity contribution in [2.24, 2.45) is 0 Å². The number of aromatic nitrogens is 4. The molecule has 0 bridgehead atoms. The summed E-state index contributed by atoms with van der Waals surface area (Å²) in [6.07, 6.45) is 3.77. The van der Waals surface area contributed by atoms with Gasteiger partial charge in [-0.1, -0.05) is 53.1 Å². The van der Waals surface area contributed by atoms with Crippen molar-refractivity contribution in [2.75, 3.05) is 0 Å². The number of rotatable bonds is 7. The van der Waals surface area contributed by atoms with Gasteiger partial charge in [-0.3, -0.25) is 9.36 Å². The van der Waals surface area contributed by atoms with Gasteiger partial charge in [0.25, 0.3) is 0 Å². The van der Waals surface area contributed by atoms with Crippen LogP contribution in [0, 0.1) is 0 Å². The summed E-state index contributed by atoms with van der Waals surface area (Å²) in [5.41, 5.74) is 0. The molecule has 0 aromatic carbocycles. The van der Waals surface area contributed by atoms with Crippen LogP contribution in [0.5, 0.6) is 0 Å². The molecule has 140 valence electrons. The molecular weight excluding hydrogens is 360 g/mol. The maximum atomic E-state index is 11.7. The van der Waals surface area contributed by atoms with Crippen LogP contribution in [-0.4, -0.2) is 48.8 Å². The number of hydrogen-bond donors (Lipinski definition) is 1. The van der Waals surface area contributed by atoms with E-state index in [1.54, 1.807) is 0 Å². The molecule has 0 aliphatic heterocycles. The van der Waals surface area contributed by atoms with Gasteiger partial charge in [-0.05, 0) is 24.2 Å². The normalized spacial score (nSPS) is 13.7. The Kier molecular flexibility index (Phi) is 5.68. The highest BCUT2D eigenvalue weighted by Gasteiger charge is 2.44. The molecule has 0 saturated heterocycles. The highest BCUT2D eigenvalue weighted by atomic mass is 28.4. The van der Waals surface area contributed by atoms with Crippen LogP contribution in [0.1, 0.15) is 19.6 Å². The van der Waals surface area contributed by atoms with Crippen molar-refractivity contribution in [1.29, 1.82) is 0 Å². The Morgan fingerprint density at radius 1 is 0.840 bits per heavy atom. The quantitative estimate of drug-likeness (QED) is 0.735. The van der Waals surface area contributed by atoms with E-state index in [0.29, 0.717) is 0 Å². The van der Waals surface area contributed by atoms with Gasteiger partial charge in [0.05, 0.1) is 0 Å². The van der Waals surface area contributed by atoms with E-state index in [0.717, 1.165) is 12.1 Å². The van der Waals surface area contributed by atoms with Crippen molar-refractivity contribution in [3.8, 4) is 0 Å². The lowest BCUT2D eigenvalue weighted by atomic mass is 10.7. The molecule has 2 heterocycles. The van der Waals surface area contributed by atoms with E-state index in [2.05, 4.69) is 74.6 Å². The van der Waals surface area contributed by atoms with Crippen molar-refractivity contribution in [2.45, 2.75) is 71.0 Å². The smallest absolute Gasteiger partial charge is 0.237 e. The molecule has 8 heteroatoms. The molecule has 5 nitrogen and oxygen atoms in total. The minimum absolute atomic E-state index is 0.170. The average Bonchev–Trinajstić information content (AvgIpc) is 3.15. The lowest BCUT2D eigenvalue weighted by Crippen LogP contribution is -2.58. The zero-order chi connectivity index (χ0) is 19.0. The van der Waals surface area contributed by atoms with Crippen LogP contribution in [0.15, 0.2) is 24.5 Å². The topological polar surface area (TPSA) is 55.9 Å². The maximum Gasteiger partial charge on any atom is 0.237 e. The van der Waals surface area contributed by atoms with Crippen LogP contribution < -0.4 is 10.6 Å². The van der Waals surface area contributed by atoms with Gasteiger partial charge >= 0.3 is 0 Å². The van der Waals surface area contributed by atoms with Gasteiger partial charge in [0.15, 0.2) is 5.79 Å². The van der Waals surface area contributed by atoms with Gasteiger partial charge in [-0.15, -0.1) is 0 Å². The Bertz CT molecular complexity index is 656. The lowest BCUT2D eigenvalue weighted by molar-refractivity contribution is 0.393. The van der Waals surface area contributed by atoms with Crippen molar-refractivity contribution in [3.05, 3.63) is 24.5 Å². The average molecular weight is 395 g/mol. The lowest BCUT2D eigenvalue weighted by Gasteiger charge is -2.37. The first-order valence-corrected chi connectivity index (χ1v) is 18.7. The predicted octanol–water partition coefficient (Wildman–Crippen LogP) is 2.73. The number of hydrogen-bond acceptors (Lipinski definition) is 3. The predicted molar refractivity (Wildman–Crippen MR) is 114 cm³/mol. The van der Waals surface area contributed by atoms with Crippen molar-refractivity contribution in [3.63, 3.8) is 0 Å². The Hall–Kier alpha value is -0.969. The van der Waals surface area contributed by atoms with E-state index in [1.807, 2.05) is 12.4 Å². The Balaban J connectivity index is 2.74. The van der Waals surface area contributed by atoms with Crippen LogP contribution >= 0.6 is 0 Å². The van der Waals surface area contributed by atoms with Gasteiger partial charge in [0.2, 0.25) is 8.32 Å². The first kappa shape index (κ1) is 20.3. The highest BCUT2D eigenvalue weighted by Crippen LogP contribution is 2.27. The Labute approximate surface area is 155 Å². The first-order chi connectivity index (χ1) is 11.5. The van der Waals surface area contributed by atoms with Gasteiger partial charge in [0, 0.05) is 23.0 Å². The zero-order valence-electron chi connectivity index (χ0n) is 17.0. The van der Waals surface area contributed by atoms with E-state index in [1.165, 1.54) is 10.6 Å². The van der Waals surface area contributed by atoms with E-state index in [4.69, 9.17) is 10.2 Å². The third-order valence-corrected chi connectivity index (χ3v) is 12.8. The summed E-state index contributed by atoms with van der Waals surface area (Å²) in [5, 5.41) is 12.0. The van der Waals surface area contributed by atoms with Crippen LogP contribution in [0.3, 0.4) is 0 Å². The molecule has 0 saturated carbocycles. The summed E-state index contributed by atoms with van der Waals surface area (Å²) in [6.45, 7) is 18.2. The third-order valence-electron chi connectivity index (χ3n) is 5.05. The van der Waals surface area contributed by atoms with Crippen LogP contribution in [0.25, 0.3) is 0 Å². The fourth-order valence-electron chi connectivity index (χ4n) is 3.38. The fourth-order valence-corrected chi connectivity index (χ4v) is 9.07. The van der Waals surface area contributed by atoms with Crippen LogP contribution in [0.2, 0.25) is 51.4 Å². The summed E-state index contributed by atoms with van der Waals surface area (Å²) in [6, 6.07) is 5.86. The molecule has 0 unspecified atom stereocenters. The first-order valence-electron chi connectivity index (χ1n) is 9.26. The highest BCUT2D eigenvalue weighted by molar-refractivity contribution is 6.89. The van der Waals surface area contributed by atoms with Gasteiger partial charge in [-0.2, -0.15) is 10.2 Å². The molecule has 0 amide bonds. The van der Waals surface area contributed by atoms with E-state index in [-0.39, 0.29) is 5.79 Å². The fraction of sp³-hybridized carbons (Fsp3) is 0.647. The maximum absolute atomic E-state index is 11.7. The summed E-state index contributed by atoms with van der Waals surface area (Å²) < 4.78 is 4.23. The molecule has 0 aliphatic rings. The molecule has 0 fully saturated rings. The molecule has 0 aliphatic carbocycles. The monoisotopic (exact) mass is 394 g/mol. The summed E-state index contributed by atoms with van der Waals surface area (Å²) in [7, 11) is -5.78. The minimum atomic E-state index is -2.61. The SMILES string of the molecule is CC[Si](O)(CC)C(n1nccc1[Si](C)(C)C)n1nccc1[Si](C)(C)C. The Morgan fingerprint density at radius 3 is 1.48 bits per heavy atom. The largest absolute Gasteiger partial charge is 0.428 e. The van der Waals surface area contributed by atoms with E-state index >= 15 is 0 Å². The molecule has 0 atom stereocenters. The van der Waals surface area contributed by atoms with Gasteiger partial charge in [-0.25, -0.2) is 0 Å². The van der Waals surface area contributed by atoms with E-state index < -0.39 is 24.5 Å². The summed E-state index contributed by atoms with van der Waals surface area (Å²) in [5.74, 6) is -0.170. The third kappa shape index (κ3) is 3.91. The summed E-state index contributed by atoms with van der Waals surface area (Å²) in [4.78, 5) is 11.7. The van der Waals surface area contributed by atoms with Crippen molar-refractivity contribution >= 4 is 35.1 Å². The van der Waals surface area contributed by atoms with Crippen molar-refractivity contribution in [1.82, 2.24) is 19.6 Å². The minimum Gasteiger partial charge on any atom is -0.428 e. The van der Waals surface area contributed by atoms with Gasteiger partial charge < -0.3 is 4.80 Å². The standard InChI is InChI=1S/C17H34N4OSi3/c1-9-25(22,10-2)17(20-15(11-13-18-20)23(3,4)5)21-16(12-14-19-21)24(6,7)8/h11-14,17,22H,9-10H2,1-8H3. The van der Waals surface area contributed by atoms with Crippen LogP contribution in [-0.2, 0) is 0 Å². The summed E-state index contributed by atoms with van der Waals surface area (Å²) >= 11 is 0. The Morgan fingerprint density at radius 2 is 1.20 bits per heavy atom. The zero-order valence-corrected chi connectivity index (χ0v) is 20.0. The second kappa shape index (κ2) is 6.98. The molecule has 2 aromatic heterocycles. The second-order valence-electron chi connectivity index (χ2n) is 9.01. The second-order valence-corrected chi connectivity index (χ2v) is 23.2.